The number of ether oxygens (including phenoxy) is 2. The van der Waals surface area contributed by atoms with E-state index in [1.807, 2.05) is 55.5 Å². The van der Waals surface area contributed by atoms with Crippen molar-refractivity contribution in [3.8, 4) is 22.8 Å². The van der Waals surface area contributed by atoms with E-state index in [4.69, 9.17) is 9.47 Å². The minimum absolute atomic E-state index is 0.321. The lowest BCUT2D eigenvalue weighted by Crippen LogP contribution is -2.18. The van der Waals surface area contributed by atoms with Gasteiger partial charge >= 0.3 is 0 Å². The summed E-state index contributed by atoms with van der Waals surface area (Å²) in [6.07, 6.45) is 1.55. The number of aromatic nitrogens is 2. The minimum Gasteiger partial charge on any atom is -0.497 e. The summed E-state index contributed by atoms with van der Waals surface area (Å²) < 4.78 is 10.6. The van der Waals surface area contributed by atoms with Gasteiger partial charge in [0.1, 0.15) is 17.2 Å². The quantitative estimate of drug-likeness (QED) is 0.497. The summed E-state index contributed by atoms with van der Waals surface area (Å²) in [6.45, 7) is 2.55. The van der Waals surface area contributed by atoms with Crippen LogP contribution in [-0.4, -0.2) is 36.0 Å². The van der Waals surface area contributed by atoms with Gasteiger partial charge in [-0.05, 0) is 55.0 Å². The molecule has 2 aromatic carbocycles. The standard InChI is InChI=1S/C20H20N4O3/c1-3-27-16-9-7-15(8-10-16)18-12-19(23-22-18)20(25)24-21-13-14-5-4-6-17(11-14)26-2/h4-13H,3H2,1-2H3,(H,22,23)(H,24,25)/b21-13-. The monoisotopic (exact) mass is 364 g/mol. The molecule has 1 heterocycles. The van der Waals surface area contributed by atoms with Crippen LogP contribution in [0.5, 0.6) is 11.5 Å². The van der Waals surface area contributed by atoms with Crippen LogP contribution in [0.1, 0.15) is 23.0 Å². The lowest BCUT2D eigenvalue weighted by atomic mass is 10.1. The molecule has 0 fully saturated rings. The average molecular weight is 364 g/mol. The Labute approximate surface area is 157 Å². The fourth-order valence-corrected chi connectivity index (χ4v) is 2.42. The second-order valence-corrected chi connectivity index (χ2v) is 5.60. The number of nitrogens with one attached hydrogen (secondary N) is 2. The van der Waals surface area contributed by atoms with Crippen molar-refractivity contribution in [1.29, 1.82) is 0 Å². The highest BCUT2D eigenvalue weighted by molar-refractivity contribution is 5.94. The van der Waals surface area contributed by atoms with E-state index in [1.165, 1.54) is 0 Å². The molecule has 1 amide bonds. The maximum absolute atomic E-state index is 12.2. The molecule has 0 saturated heterocycles. The number of benzene rings is 2. The summed E-state index contributed by atoms with van der Waals surface area (Å²) in [7, 11) is 1.60. The summed E-state index contributed by atoms with van der Waals surface area (Å²) >= 11 is 0. The fourth-order valence-electron chi connectivity index (χ4n) is 2.42. The molecule has 0 bridgehead atoms. The number of amides is 1. The van der Waals surface area contributed by atoms with Crippen molar-refractivity contribution in [2.45, 2.75) is 6.92 Å². The molecule has 3 rings (SSSR count). The number of methoxy groups -OCH3 is 1. The third-order valence-corrected chi connectivity index (χ3v) is 3.76. The zero-order chi connectivity index (χ0) is 19.1. The van der Waals surface area contributed by atoms with E-state index in [2.05, 4.69) is 20.7 Å². The van der Waals surface area contributed by atoms with Crippen molar-refractivity contribution >= 4 is 12.1 Å². The van der Waals surface area contributed by atoms with Gasteiger partial charge in [0.15, 0.2) is 0 Å². The van der Waals surface area contributed by atoms with E-state index in [0.717, 1.165) is 22.6 Å². The van der Waals surface area contributed by atoms with Crippen LogP contribution in [0, 0.1) is 0 Å². The number of carbonyl (C=O) groups excluding carboxylic acids is 1. The Morgan fingerprint density at radius 1 is 1.19 bits per heavy atom. The molecular formula is C20H20N4O3. The maximum atomic E-state index is 12.2. The molecule has 0 aliphatic carbocycles. The molecule has 138 valence electrons. The molecule has 1 aromatic heterocycles. The van der Waals surface area contributed by atoms with Gasteiger partial charge in [-0.25, -0.2) is 5.43 Å². The van der Waals surface area contributed by atoms with Gasteiger partial charge in [0.25, 0.3) is 5.91 Å². The molecular weight excluding hydrogens is 344 g/mol. The number of hydrogen-bond acceptors (Lipinski definition) is 5. The van der Waals surface area contributed by atoms with E-state index in [-0.39, 0.29) is 5.91 Å². The Hall–Kier alpha value is -3.61. The maximum Gasteiger partial charge on any atom is 0.289 e. The molecule has 2 N–H and O–H groups in total. The first kappa shape index (κ1) is 18.2. The Kier molecular flexibility index (Phi) is 5.84. The third-order valence-electron chi connectivity index (χ3n) is 3.76. The molecule has 0 radical (unpaired) electrons. The van der Waals surface area contributed by atoms with Crippen LogP contribution in [0.4, 0.5) is 0 Å². The van der Waals surface area contributed by atoms with Gasteiger partial charge in [-0.2, -0.15) is 10.2 Å². The van der Waals surface area contributed by atoms with Gasteiger partial charge in [0.2, 0.25) is 0 Å². The summed E-state index contributed by atoms with van der Waals surface area (Å²) in [5.74, 6) is 1.14. The van der Waals surface area contributed by atoms with Crippen molar-refractivity contribution in [3.63, 3.8) is 0 Å². The largest absolute Gasteiger partial charge is 0.497 e. The predicted octanol–water partition coefficient (Wildman–Crippen LogP) is 3.25. The van der Waals surface area contributed by atoms with Crippen LogP contribution in [-0.2, 0) is 0 Å². The summed E-state index contributed by atoms with van der Waals surface area (Å²) in [5.41, 5.74) is 5.16. The number of rotatable bonds is 7. The van der Waals surface area contributed by atoms with Gasteiger partial charge < -0.3 is 9.47 Å². The van der Waals surface area contributed by atoms with Crippen LogP contribution < -0.4 is 14.9 Å². The molecule has 0 spiro atoms. The van der Waals surface area contributed by atoms with Gasteiger partial charge in [0, 0.05) is 5.56 Å². The van der Waals surface area contributed by atoms with Crippen molar-refractivity contribution in [1.82, 2.24) is 15.6 Å². The Balaban J connectivity index is 1.63. The van der Waals surface area contributed by atoms with Gasteiger partial charge in [0.05, 0.1) is 25.6 Å². The van der Waals surface area contributed by atoms with Crippen molar-refractivity contribution < 1.29 is 14.3 Å². The van der Waals surface area contributed by atoms with Crippen molar-refractivity contribution in [3.05, 3.63) is 65.9 Å². The highest BCUT2D eigenvalue weighted by Crippen LogP contribution is 2.21. The Morgan fingerprint density at radius 2 is 2.00 bits per heavy atom. The number of nitrogens with zero attached hydrogens (tertiary/aromatic N) is 2. The predicted molar refractivity (Wildman–Crippen MR) is 103 cm³/mol. The number of hydrazone groups is 1. The molecule has 0 unspecified atom stereocenters. The topological polar surface area (TPSA) is 88.6 Å². The van der Waals surface area contributed by atoms with Gasteiger partial charge in [-0.15, -0.1) is 0 Å². The molecule has 0 aliphatic rings. The molecule has 27 heavy (non-hydrogen) atoms. The van der Waals surface area contributed by atoms with E-state index in [9.17, 15) is 4.79 Å². The minimum atomic E-state index is -0.376. The van der Waals surface area contributed by atoms with Crippen LogP contribution >= 0.6 is 0 Å². The normalized spacial score (nSPS) is 10.7. The number of hydrogen-bond donors (Lipinski definition) is 2. The van der Waals surface area contributed by atoms with Crippen molar-refractivity contribution in [2.24, 2.45) is 5.10 Å². The van der Waals surface area contributed by atoms with E-state index in [0.29, 0.717) is 18.0 Å². The van der Waals surface area contributed by atoms with Crippen LogP contribution in [0.2, 0.25) is 0 Å². The summed E-state index contributed by atoms with van der Waals surface area (Å²) in [6, 6.07) is 16.5. The first-order valence-corrected chi connectivity index (χ1v) is 8.45. The smallest absolute Gasteiger partial charge is 0.289 e. The molecule has 7 nitrogen and oxygen atoms in total. The van der Waals surface area contributed by atoms with Gasteiger partial charge in [-0.1, -0.05) is 12.1 Å². The molecule has 3 aromatic rings. The summed E-state index contributed by atoms with van der Waals surface area (Å²) in [5, 5.41) is 10.9. The van der Waals surface area contributed by atoms with E-state index >= 15 is 0 Å². The number of aromatic amines is 1. The molecule has 0 atom stereocenters. The van der Waals surface area contributed by atoms with Gasteiger partial charge in [-0.3, -0.25) is 9.89 Å². The van der Waals surface area contributed by atoms with Crippen LogP contribution in [0.15, 0.2) is 59.7 Å². The lowest BCUT2D eigenvalue weighted by molar-refractivity contribution is 0.0950. The Morgan fingerprint density at radius 3 is 2.74 bits per heavy atom. The third kappa shape index (κ3) is 4.72. The lowest BCUT2D eigenvalue weighted by Gasteiger charge is -2.02. The number of H-pyrrole nitrogens is 1. The fraction of sp³-hybridized carbons (Fsp3) is 0.150. The molecule has 7 heteroatoms. The van der Waals surface area contributed by atoms with E-state index < -0.39 is 0 Å². The first-order valence-electron chi connectivity index (χ1n) is 8.45. The highest BCUT2D eigenvalue weighted by Gasteiger charge is 2.10. The second kappa shape index (κ2) is 8.66. The zero-order valence-electron chi connectivity index (χ0n) is 15.1. The Bertz CT molecular complexity index is 932. The molecule has 0 saturated carbocycles. The SMILES string of the molecule is CCOc1ccc(-c2cc(C(=O)N/N=C\c3cccc(OC)c3)[nH]n2)cc1. The highest BCUT2D eigenvalue weighted by atomic mass is 16.5. The molecule has 0 aliphatic heterocycles. The van der Waals surface area contributed by atoms with E-state index in [1.54, 1.807) is 19.4 Å². The second-order valence-electron chi connectivity index (χ2n) is 5.60. The van der Waals surface area contributed by atoms with Crippen LogP contribution in [0.25, 0.3) is 11.3 Å². The van der Waals surface area contributed by atoms with Crippen molar-refractivity contribution in [2.75, 3.05) is 13.7 Å². The zero-order valence-corrected chi connectivity index (χ0v) is 15.1. The average Bonchev–Trinajstić information content (AvgIpc) is 3.19. The number of carbonyl (C=O) groups is 1. The van der Waals surface area contributed by atoms with Crippen LogP contribution in [0.3, 0.4) is 0 Å². The first-order chi connectivity index (χ1) is 13.2. The summed E-state index contributed by atoms with van der Waals surface area (Å²) in [4.78, 5) is 12.2.